The van der Waals surface area contributed by atoms with Crippen molar-refractivity contribution in [2.24, 2.45) is 0 Å². The van der Waals surface area contributed by atoms with Crippen molar-refractivity contribution in [2.45, 2.75) is 19.9 Å². The maximum Gasteiger partial charge on any atom is 0.179 e. The quantitative estimate of drug-likeness (QED) is 0.698. The molecule has 1 atom stereocenters. The Morgan fingerprint density at radius 1 is 1.20 bits per heavy atom. The first-order valence-electron chi connectivity index (χ1n) is 6.39. The van der Waals surface area contributed by atoms with Crippen LogP contribution in [0, 0.1) is 11.7 Å². The normalized spacial score (nSPS) is 12.8. The van der Waals surface area contributed by atoms with E-state index in [4.69, 9.17) is 23.8 Å². The lowest BCUT2D eigenvalue weighted by molar-refractivity contribution is 0.643. The van der Waals surface area contributed by atoms with Gasteiger partial charge in [0.15, 0.2) is 10.4 Å². The Morgan fingerprint density at radius 3 is 2.60 bits per heavy atom. The molecule has 2 heterocycles. The Labute approximate surface area is 127 Å². The molecule has 20 heavy (non-hydrogen) atoms. The molecule has 102 valence electrons. The number of aromatic nitrogens is 3. The zero-order chi connectivity index (χ0) is 14.3. The van der Waals surface area contributed by atoms with E-state index in [2.05, 4.69) is 16.9 Å². The predicted octanol–water partition coefficient (Wildman–Crippen LogP) is 4.67. The highest BCUT2D eigenvalue weighted by atomic mass is 35.5. The molecule has 1 N–H and O–H groups in total. The van der Waals surface area contributed by atoms with Gasteiger partial charge in [-0.15, -0.1) is 0 Å². The van der Waals surface area contributed by atoms with Crippen molar-refractivity contribution in [1.29, 1.82) is 0 Å². The molecule has 0 amide bonds. The average Bonchev–Trinajstić information content (AvgIpc) is 2.74. The molecule has 0 fully saturated rings. The van der Waals surface area contributed by atoms with Crippen LogP contribution in [-0.2, 0) is 0 Å². The summed E-state index contributed by atoms with van der Waals surface area (Å²) >= 11 is 11.4. The summed E-state index contributed by atoms with van der Waals surface area (Å²) in [5, 5.41) is 0.734. The number of imidazole rings is 1. The summed E-state index contributed by atoms with van der Waals surface area (Å²) in [5.74, 6) is 0. The molecule has 0 saturated carbocycles. The Bertz CT molecular complexity index is 817. The van der Waals surface area contributed by atoms with E-state index in [-0.39, 0.29) is 6.04 Å². The molecule has 1 unspecified atom stereocenters. The molecular weight excluding hydrogens is 290 g/mol. The summed E-state index contributed by atoms with van der Waals surface area (Å²) in [7, 11) is 0. The Hall–Kier alpha value is -1.65. The van der Waals surface area contributed by atoms with Gasteiger partial charge in [-0.05, 0) is 55.9 Å². The van der Waals surface area contributed by atoms with Crippen LogP contribution in [0.1, 0.15) is 24.2 Å². The van der Waals surface area contributed by atoms with E-state index in [0.29, 0.717) is 4.77 Å². The molecule has 1 aromatic carbocycles. The lowest BCUT2D eigenvalue weighted by Crippen LogP contribution is -2.07. The van der Waals surface area contributed by atoms with Gasteiger partial charge in [-0.25, -0.2) is 4.98 Å². The van der Waals surface area contributed by atoms with Gasteiger partial charge >= 0.3 is 0 Å². The van der Waals surface area contributed by atoms with Gasteiger partial charge in [-0.3, -0.25) is 4.57 Å². The van der Waals surface area contributed by atoms with Crippen molar-refractivity contribution in [3.05, 3.63) is 57.4 Å². The van der Waals surface area contributed by atoms with E-state index >= 15 is 0 Å². The number of hydrogen-bond donors (Lipinski definition) is 1. The fourth-order valence-electron chi connectivity index (χ4n) is 2.35. The molecule has 3 aromatic rings. The van der Waals surface area contributed by atoms with Gasteiger partial charge < -0.3 is 4.98 Å². The summed E-state index contributed by atoms with van der Waals surface area (Å²) in [6, 6.07) is 11.9. The van der Waals surface area contributed by atoms with E-state index in [1.54, 1.807) is 0 Å². The monoisotopic (exact) mass is 303 g/mol. The topological polar surface area (TPSA) is 33.6 Å². The van der Waals surface area contributed by atoms with Gasteiger partial charge in [-0.2, -0.15) is 0 Å². The number of benzene rings is 1. The van der Waals surface area contributed by atoms with E-state index in [1.165, 1.54) is 0 Å². The summed E-state index contributed by atoms with van der Waals surface area (Å²) in [6.45, 7) is 4.09. The number of H-pyrrole nitrogens is 1. The van der Waals surface area contributed by atoms with E-state index in [9.17, 15) is 0 Å². The molecule has 0 radical (unpaired) electrons. The number of fused-ring (bicyclic) bond motifs is 1. The third-order valence-corrected chi connectivity index (χ3v) is 3.99. The van der Waals surface area contributed by atoms with E-state index < -0.39 is 0 Å². The molecule has 3 nitrogen and oxygen atoms in total. The smallest absolute Gasteiger partial charge is 0.179 e. The number of pyridine rings is 1. The zero-order valence-electron chi connectivity index (χ0n) is 11.2. The zero-order valence-corrected chi connectivity index (χ0v) is 12.8. The summed E-state index contributed by atoms with van der Waals surface area (Å²) in [5.41, 5.74) is 3.97. The van der Waals surface area contributed by atoms with Gasteiger partial charge in [0, 0.05) is 10.7 Å². The van der Waals surface area contributed by atoms with Crippen molar-refractivity contribution in [1.82, 2.24) is 14.5 Å². The number of aryl methyl sites for hydroxylation is 1. The molecule has 0 saturated heterocycles. The molecule has 0 aliphatic rings. The number of rotatable bonds is 2. The number of halogens is 1. The van der Waals surface area contributed by atoms with Crippen LogP contribution in [0.25, 0.3) is 11.2 Å². The van der Waals surface area contributed by atoms with Crippen LogP contribution < -0.4 is 0 Å². The number of nitrogens with zero attached hydrogens (tertiary/aromatic N) is 2. The van der Waals surface area contributed by atoms with E-state index in [1.807, 2.05) is 47.9 Å². The van der Waals surface area contributed by atoms with Gasteiger partial charge in [0.2, 0.25) is 0 Å². The Kier molecular flexibility index (Phi) is 3.36. The molecule has 0 aliphatic heterocycles. The summed E-state index contributed by atoms with van der Waals surface area (Å²) in [4.78, 5) is 7.81. The second-order valence-electron chi connectivity index (χ2n) is 4.85. The van der Waals surface area contributed by atoms with Crippen LogP contribution in [0.5, 0.6) is 0 Å². The maximum atomic E-state index is 5.94. The fourth-order valence-corrected chi connectivity index (χ4v) is 2.83. The molecule has 3 rings (SSSR count). The first kappa shape index (κ1) is 13.3. The first-order valence-corrected chi connectivity index (χ1v) is 7.18. The third kappa shape index (κ3) is 2.25. The van der Waals surface area contributed by atoms with Crippen LogP contribution >= 0.6 is 23.8 Å². The van der Waals surface area contributed by atoms with Crippen molar-refractivity contribution < 1.29 is 0 Å². The number of nitrogens with one attached hydrogen (secondary N) is 1. The molecule has 0 bridgehead atoms. The second kappa shape index (κ2) is 5.04. The largest absolute Gasteiger partial charge is 0.329 e. The van der Waals surface area contributed by atoms with Crippen LogP contribution in [-0.4, -0.2) is 14.5 Å². The van der Waals surface area contributed by atoms with Gasteiger partial charge in [0.1, 0.15) is 0 Å². The number of hydrogen-bond acceptors (Lipinski definition) is 2. The lowest BCUT2D eigenvalue weighted by Gasteiger charge is -2.14. The molecule has 0 spiro atoms. The molecule has 5 heteroatoms. The van der Waals surface area contributed by atoms with Crippen molar-refractivity contribution in [3.63, 3.8) is 0 Å². The fraction of sp³-hybridized carbons (Fsp3) is 0.200. The standard InChI is InChI=1S/C15H14ClN3S/c1-9-3-8-13-14(17-9)19(15(20)18-13)10(2)11-4-6-12(16)7-5-11/h3-8,10H,1-2H3,(H,18,20). The number of aromatic amines is 1. The van der Waals surface area contributed by atoms with Crippen LogP contribution in [0.3, 0.4) is 0 Å². The third-order valence-electron chi connectivity index (χ3n) is 3.44. The highest BCUT2D eigenvalue weighted by Crippen LogP contribution is 2.24. The second-order valence-corrected chi connectivity index (χ2v) is 5.67. The molecular formula is C15H14ClN3S. The van der Waals surface area contributed by atoms with E-state index in [0.717, 1.165) is 27.4 Å². The molecule has 2 aromatic heterocycles. The van der Waals surface area contributed by atoms with Crippen molar-refractivity contribution in [2.75, 3.05) is 0 Å². The van der Waals surface area contributed by atoms with Gasteiger partial charge in [0.25, 0.3) is 0 Å². The van der Waals surface area contributed by atoms with Crippen LogP contribution in [0.15, 0.2) is 36.4 Å². The summed E-state index contributed by atoms with van der Waals surface area (Å²) < 4.78 is 2.72. The van der Waals surface area contributed by atoms with Crippen LogP contribution in [0.4, 0.5) is 0 Å². The minimum atomic E-state index is 0.0998. The summed E-state index contributed by atoms with van der Waals surface area (Å²) in [6.07, 6.45) is 0. The van der Waals surface area contributed by atoms with Gasteiger partial charge in [-0.1, -0.05) is 23.7 Å². The maximum absolute atomic E-state index is 5.94. The minimum absolute atomic E-state index is 0.0998. The SMILES string of the molecule is Cc1ccc2[nH]c(=S)n(C(C)c3ccc(Cl)cc3)c2n1. The highest BCUT2D eigenvalue weighted by Gasteiger charge is 2.14. The average molecular weight is 304 g/mol. The predicted molar refractivity (Wildman–Crippen MR) is 84.9 cm³/mol. The molecule has 0 aliphatic carbocycles. The Morgan fingerprint density at radius 2 is 1.90 bits per heavy atom. The van der Waals surface area contributed by atoms with Crippen molar-refractivity contribution >= 4 is 35.0 Å². The van der Waals surface area contributed by atoms with Crippen LogP contribution in [0.2, 0.25) is 5.02 Å². The van der Waals surface area contributed by atoms with Crippen molar-refractivity contribution in [3.8, 4) is 0 Å². The first-order chi connectivity index (χ1) is 9.56. The lowest BCUT2D eigenvalue weighted by atomic mass is 10.1. The van der Waals surface area contributed by atoms with Gasteiger partial charge in [0.05, 0.1) is 11.6 Å². The minimum Gasteiger partial charge on any atom is -0.329 e. The Balaban J connectivity index is 2.18. The highest BCUT2D eigenvalue weighted by molar-refractivity contribution is 7.71.